The summed E-state index contributed by atoms with van der Waals surface area (Å²) in [6.07, 6.45) is 4.50. The molecule has 1 aromatic carbocycles. The number of nitrogens with zero attached hydrogens (tertiary/aromatic N) is 1. The number of carbonyl (C=O) groups is 2. The monoisotopic (exact) mass is 362 g/mol. The van der Waals surface area contributed by atoms with Crippen LogP contribution in [0.25, 0.3) is 6.08 Å². The molecule has 1 aliphatic heterocycles. The molecule has 2 rings (SSSR count). The van der Waals surface area contributed by atoms with Crippen molar-refractivity contribution < 1.29 is 18.7 Å². The van der Waals surface area contributed by atoms with Crippen LogP contribution in [0.15, 0.2) is 30.3 Å². The number of hydrogen-bond donors (Lipinski definition) is 1. The van der Waals surface area contributed by atoms with Crippen LogP contribution in [0.4, 0.5) is 9.18 Å². The molecule has 5 nitrogen and oxygen atoms in total. The van der Waals surface area contributed by atoms with E-state index in [4.69, 9.17) is 4.74 Å². The zero-order valence-electron chi connectivity index (χ0n) is 15.6. The van der Waals surface area contributed by atoms with Gasteiger partial charge in [-0.1, -0.05) is 12.1 Å². The van der Waals surface area contributed by atoms with Crippen molar-refractivity contribution in [2.24, 2.45) is 5.92 Å². The van der Waals surface area contributed by atoms with Gasteiger partial charge in [-0.2, -0.15) is 0 Å². The minimum atomic E-state index is -0.514. The van der Waals surface area contributed by atoms with Gasteiger partial charge in [-0.15, -0.1) is 0 Å². The van der Waals surface area contributed by atoms with Gasteiger partial charge in [-0.05, 0) is 63.3 Å². The summed E-state index contributed by atoms with van der Waals surface area (Å²) in [6.45, 7) is 7.28. The lowest BCUT2D eigenvalue weighted by molar-refractivity contribution is -0.116. The molecule has 1 heterocycles. The summed E-state index contributed by atoms with van der Waals surface area (Å²) in [4.78, 5) is 25.8. The number of ether oxygens (including phenoxy) is 1. The Kier molecular flexibility index (Phi) is 6.77. The highest BCUT2D eigenvalue weighted by Gasteiger charge is 2.27. The van der Waals surface area contributed by atoms with E-state index in [-0.39, 0.29) is 23.7 Å². The van der Waals surface area contributed by atoms with Crippen LogP contribution in [0.2, 0.25) is 0 Å². The maximum atomic E-state index is 13.1. The van der Waals surface area contributed by atoms with Crippen molar-refractivity contribution in [2.45, 2.75) is 39.2 Å². The Bertz CT molecular complexity index is 667. The predicted octanol–water partition coefficient (Wildman–Crippen LogP) is 3.60. The molecule has 0 bridgehead atoms. The van der Waals surface area contributed by atoms with Gasteiger partial charge in [-0.25, -0.2) is 9.18 Å². The third-order valence-corrected chi connectivity index (χ3v) is 4.01. The Balaban J connectivity index is 1.79. The van der Waals surface area contributed by atoms with Crippen LogP contribution >= 0.6 is 0 Å². The second-order valence-electron chi connectivity index (χ2n) is 7.57. The molecule has 0 radical (unpaired) electrons. The van der Waals surface area contributed by atoms with E-state index in [0.717, 1.165) is 12.8 Å². The van der Waals surface area contributed by atoms with Crippen LogP contribution in [-0.4, -0.2) is 42.1 Å². The molecule has 0 saturated carbocycles. The number of nitrogens with one attached hydrogen (secondary N) is 1. The molecule has 26 heavy (non-hydrogen) atoms. The number of benzene rings is 1. The van der Waals surface area contributed by atoms with E-state index in [9.17, 15) is 14.0 Å². The normalized spacial score (nSPS) is 18.0. The van der Waals surface area contributed by atoms with Crippen molar-refractivity contribution in [3.8, 4) is 0 Å². The minimum Gasteiger partial charge on any atom is -0.444 e. The van der Waals surface area contributed by atoms with E-state index < -0.39 is 5.60 Å². The van der Waals surface area contributed by atoms with Crippen LogP contribution in [0.3, 0.4) is 0 Å². The van der Waals surface area contributed by atoms with Crippen LogP contribution in [0.1, 0.15) is 39.2 Å². The highest BCUT2D eigenvalue weighted by atomic mass is 19.1. The smallest absolute Gasteiger partial charge is 0.410 e. The lowest BCUT2D eigenvalue weighted by Crippen LogP contribution is -2.45. The Labute approximate surface area is 154 Å². The zero-order chi connectivity index (χ0) is 19.2. The van der Waals surface area contributed by atoms with Gasteiger partial charge in [0.05, 0.1) is 0 Å². The quantitative estimate of drug-likeness (QED) is 0.833. The van der Waals surface area contributed by atoms with Gasteiger partial charge in [0.15, 0.2) is 0 Å². The van der Waals surface area contributed by atoms with Crippen molar-refractivity contribution in [3.63, 3.8) is 0 Å². The average Bonchev–Trinajstić information content (AvgIpc) is 2.57. The third kappa shape index (κ3) is 6.86. The van der Waals surface area contributed by atoms with Crippen molar-refractivity contribution in [1.82, 2.24) is 10.2 Å². The predicted molar refractivity (Wildman–Crippen MR) is 99.0 cm³/mol. The Morgan fingerprint density at radius 1 is 1.38 bits per heavy atom. The Hall–Kier alpha value is -2.37. The maximum Gasteiger partial charge on any atom is 0.410 e. The van der Waals surface area contributed by atoms with Gasteiger partial charge >= 0.3 is 6.09 Å². The van der Waals surface area contributed by atoms with E-state index in [2.05, 4.69) is 5.32 Å². The molecule has 142 valence electrons. The van der Waals surface area contributed by atoms with Crippen molar-refractivity contribution in [2.75, 3.05) is 19.6 Å². The number of likely N-dealkylation sites (tertiary alicyclic amines) is 1. The topological polar surface area (TPSA) is 58.6 Å². The highest BCUT2D eigenvalue weighted by molar-refractivity contribution is 5.91. The molecule has 1 aliphatic rings. The summed E-state index contributed by atoms with van der Waals surface area (Å²) in [5, 5.41) is 2.85. The fourth-order valence-electron chi connectivity index (χ4n) is 2.81. The standard InChI is InChI=1S/C20H27FN2O3/c1-20(2,3)26-19(25)23-11-5-7-16(14-23)13-22-18(24)10-9-15-6-4-8-17(21)12-15/h4,6,8-10,12,16H,5,7,11,13-14H2,1-3H3,(H,22,24). The van der Waals surface area contributed by atoms with Crippen LogP contribution < -0.4 is 5.32 Å². The van der Waals surface area contributed by atoms with Gasteiger partial charge in [0.25, 0.3) is 0 Å². The number of rotatable bonds is 4. The molecular formula is C20H27FN2O3. The first-order chi connectivity index (χ1) is 12.2. The first kappa shape index (κ1) is 19.9. The number of carbonyl (C=O) groups excluding carboxylic acids is 2. The van der Waals surface area contributed by atoms with Gasteiger partial charge in [0.1, 0.15) is 11.4 Å². The second-order valence-corrected chi connectivity index (χ2v) is 7.57. The number of piperidine rings is 1. The molecule has 0 aliphatic carbocycles. The minimum absolute atomic E-state index is 0.197. The lowest BCUT2D eigenvalue weighted by atomic mass is 9.98. The average molecular weight is 362 g/mol. The molecule has 1 aromatic rings. The fraction of sp³-hybridized carbons (Fsp3) is 0.500. The van der Waals surface area contributed by atoms with Crippen LogP contribution in [-0.2, 0) is 9.53 Å². The van der Waals surface area contributed by atoms with Crippen LogP contribution in [0, 0.1) is 11.7 Å². The zero-order valence-corrected chi connectivity index (χ0v) is 15.6. The largest absolute Gasteiger partial charge is 0.444 e. The molecule has 1 fully saturated rings. The van der Waals surface area contributed by atoms with Crippen molar-refractivity contribution in [3.05, 3.63) is 41.7 Å². The van der Waals surface area contributed by atoms with E-state index in [1.54, 1.807) is 23.1 Å². The first-order valence-electron chi connectivity index (χ1n) is 8.92. The second kappa shape index (κ2) is 8.83. The maximum absolute atomic E-state index is 13.1. The van der Waals surface area contributed by atoms with E-state index in [1.807, 2.05) is 20.8 Å². The summed E-state index contributed by atoms with van der Waals surface area (Å²) in [5.74, 6) is -0.372. The molecular weight excluding hydrogens is 335 g/mol. The van der Waals surface area contributed by atoms with Gasteiger partial charge in [-0.3, -0.25) is 4.79 Å². The molecule has 1 saturated heterocycles. The lowest BCUT2D eigenvalue weighted by Gasteiger charge is -2.34. The van der Waals surface area contributed by atoms with Crippen LogP contribution in [0.5, 0.6) is 0 Å². The molecule has 0 spiro atoms. The summed E-state index contributed by atoms with van der Waals surface area (Å²) in [5.41, 5.74) is 0.119. The summed E-state index contributed by atoms with van der Waals surface area (Å²) < 4.78 is 18.5. The SMILES string of the molecule is CC(C)(C)OC(=O)N1CCCC(CNC(=O)C=Cc2cccc(F)c2)C1. The molecule has 2 amide bonds. The van der Waals surface area contributed by atoms with Gasteiger partial charge in [0, 0.05) is 25.7 Å². The molecule has 1 N–H and O–H groups in total. The highest BCUT2D eigenvalue weighted by Crippen LogP contribution is 2.19. The van der Waals surface area contributed by atoms with Crippen molar-refractivity contribution >= 4 is 18.1 Å². The molecule has 1 atom stereocenters. The summed E-state index contributed by atoms with van der Waals surface area (Å²) in [6, 6.07) is 6.05. The molecule has 6 heteroatoms. The van der Waals surface area contributed by atoms with Gasteiger partial charge in [0.2, 0.25) is 5.91 Å². The van der Waals surface area contributed by atoms with Crippen molar-refractivity contribution in [1.29, 1.82) is 0 Å². The number of hydrogen-bond acceptors (Lipinski definition) is 3. The van der Waals surface area contributed by atoms with E-state index in [0.29, 0.717) is 25.2 Å². The fourth-order valence-corrected chi connectivity index (χ4v) is 2.81. The van der Waals surface area contributed by atoms with E-state index in [1.165, 1.54) is 18.2 Å². The van der Waals surface area contributed by atoms with Gasteiger partial charge < -0.3 is 15.0 Å². The third-order valence-electron chi connectivity index (χ3n) is 4.01. The summed E-state index contributed by atoms with van der Waals surface area (Å²) in [7, 11) is 0. The summed E-state index contributed by atoms with van der Waals surface area (Å²) >= 11 is 0. The Morgan fingerprint density at radius 3 is 2.85 bits per heavy atom. The number of halogens is 1. The number of amides is 2. The Morgan fingerprint density at radius 2 is 2.15 bits per heavy atom. The molecule has 1 unspecified atom stereocenters. The van der Waals surface area contributed by atoms with E-state index >= 15 is 0 Å². The first-order valence-corrected chi connectivity index (χ1v) is 8.92. The molecule has 0 aromatic heterocycles.